The van der Waals surface area contributed by atoms with Crippen molar-refractivity contribution in [3.8, 4) is 5.75 Å². The Hall–Kier alpha value is -2.72. The second-order valence-electron chi connectivity index (χ2n) is 5.41. The third kappa shape index (κ3) is 2.65. The van der Waals surface area contributed by atoms with E-state index in [4.69, 9.17) is 4.18 Å². The highest BCUT2D eigenvalue weighted by Gasteiger charge is 2.45. The Morgan fingerprint density at radius 1 is 0.750 bits per heavy atom. The van der Waals surface area contributed by atoms with Crippen molar-refractivity contribution >= 4 is 18.9 Å². The minimum absolute atomic E-state index is 0.132. The van der Waals surface area contributed by atoms with Crippen LogP contribution in [0.15, 0.2) is 84.9 Å². The molecule has 0 heterocycles. The van der Waals surface area contributed by atoms with E-state index < -0.39 is 11.4 Å². The third-order valence-corrected chi connectivity index (χ3v) is 4.27. The predicted molar refractivity (Wildman–Crippen MR) is 96.0 cm³/mol. The van der Waals surface area contributed by atoms with E-state index in [2.05, 4.69) is 12.9 Å². The Labute approximate surface area is 146 Å². The van der Waals surface area contributed by atoms with Gasteiger partial charge in [0.15, 0.2) is 0 Å². The summed E-state index contributed by atoms with van der Waals surface area (Å²) >= 11 is 3.78. The van der Waals surface area contributed by atoms with Crippen LogP contribution >= 0.6 is 12.9 Å². The molecule has 3 rings (SSSR count). The lowest BCUT2D eigenvalue weighted by molar-refractivity contribution is -0.136. The molecule has 0 unspecified atom stereocenters. The van der Waals surface area contributed by atoms with Crippen molar-refractivity contribution in [1.29, 1.82) is 0 Å². The van der Waals surface area contributed by atoms with Gasteiger partial charge in [-0.05, 0) is 28.8 Å². The fraction of sp³-hybridized carbons (Fsp3) is 0.0500. The Kier molecular flexibility index (Phi) is 4.58. The van der Waals surface area contributed by atoms with Crippen LogP contribution in [0.25, 0.3) is 0 Å². The standard InChI is InChI=1S/C20H16O3S/c21-18-13-11-17(12-14-18)20(19(22)23-24,15-7-3-1-4-8-15)16-9-5-2-6-10-16/h1-14,21,24H. The van der Waals surface area contributed by atoms with E-state index in [9.17, 15) is 9.90 Å². The molecule has 0 saturated heterocycles. The molecule has 0 atom stereocenters. The molecule has 0 aliphatic rings. The van der Waals surface area contributed by atoms with E-state index in [1.807, 2.05) is 60.7 Å². The fourth-order valence-corrected chi connectivity index (χ4v) is 3.15. The van der Waals surface area contributed by atoms with Gasteiger partial charge in [0.1, 0.15) is 11.2 Å². The Balaban J connectivity index is 2.37. The van der Waals surface area contributed by atoms with Gasteiger partial charge in [0, 0.05) is 12.9 Å². The molecule has 1 N–H and O–H groups in total. The molecule has 3 aromatic rings. The smallest absolute Gasteiger partial charge is 0.337 e. The molecule has 0 amide bonds. The van der Waals surface area contributed by atoms with Gasteiger partial charge >= 0.3 is 5.97 Å². The van der Waals surface area contributed by atoms with Crippen molar-refractivity contribution in [3.63, 3.8) is 0 Å². The first-order valence-corrected chi connectivity index (χ1v) is 7.82. The average Bonchev–Trinajstić information content (AvgIpc) is 2.65. The van der Waals surface area contributed by atoms with Crippen molar-refractivity contribution in [2.45, 2.75) is 5.41 Å². The van der Waals surface area contributed by atoms with E-state index in [-0.39, 0.29) is 5.75 Å². The van der Waals surface area contributed by atoms with Gasteiger partial charge in [-0.3, -0.25) is 0 Å². The number of benzene rings is 3. The van der Waals surface area contributed by atoms with E-state index >= 15 is 0 Å². The maximum atomic E-state index is 13.0. The normalized spacial score (nSPS) is 11.0. The number of carbonyl (C=O) groups is 1. The molecule has 0 bridgehead atoms. The first-order valence-electron chi connectivity index (χ1n) is 7.46. The molecule has 0 saturated carbocycles. The van der Waals surface area contributed by atoms with E-state index in [1.165, 1.54) is 0 Å². The first kappa shape index (κ1) is 16.1. The number of carbonyl (C=O) groups excluding carboxylic acids is 1. The van der Waals surface area contributed by atoms with Gasteiger partial charge < -0.3 is 9.29 Å². The van der Waals surface area contributed by atoms with Crippen LogP contribution in [0.1, 0.15) is 16.7 Å². The zero-order valence-electron chi connectivity index (χ0n) is 12.8. The second-order valence-corrected chi connectivity index (χ2v) is 5.59. The molecule has 120 valence electrons. The second kappa shape index (κ2) is 6.81. The summed E-state index contributed by atoms with van der Waals surface area (Å²) in [6, 6.07) is 25.4. The number of phenols is 1. The molecule has 0 fully saturated rings. The van der Waals surface area contributed by atoms with Crippen LogP contribution in [0.3, 0.4) is 0 Å². The monoisotopic (exact) mass is 336 g/mol. The van der Waals surface area contributed by atoms with E-state index in [1.54, 1.807) is 24.3 Å². The molecule has 24 heavy (non-hydrogen) atoms. The van der Waals surface area contributed by atoms with Gasteiger partial charge in [0.2, 0.25) is 0 Å². The van der Waals surface area contributed by atoms with Crippen molar-refractivity contribution in [2.24, 2.45) is 0 Å². The molecular weight excluding hydrogens is 320 g/mol. The van der Waals surface area contributed by atoms with Crippen LogP contribution in [-0.4, -0.2) is 11.1 Å². The third-order valence-electron chi connectivity index (χ3n) is 4.10. The van der Waals surface area contributed by atoms with Crippen LogP contribution in [0.4, 0.5) is 0 Å². The highest BCUT2D eigenvalue weighted by molar-refractivity contribution is 7.75. The summed E-state index contributed by atoms with van der Waals surface area (Å²) in [7, 11) is 0. The number of rotatable bonds is 4. The molecule has 0 aromatic heterocycles. The zero-order chi connectivity index (χ0) is 17.0. The maximum absolute atomic E-state index is 13.0. The molecule has 4 heteroatoms. The van der Waals surface area contributed by atoms with Gasteiger partial charge in [-0.1, -0.05) is 72.8 Å². The lowest BCUT2D eigenvalue weighted by Gasteiger charge is -2.32. The van der Waals surface area contributed by atoms with E-state index in [0.29, 0.717) is 5.56 Å². The summed E-state index contributed by atoms with van der Waals surface area (Å²) in [5.74, 6) is -0.373. The molecular formula is C20H16O3S. The minimum Gasteiger partial charge on any atom is -0.508 e. The molecule has 0 aliphatic heterocycles. The molecule has 3 aromatic carbocycles. The molecule has 3 nitrogen and oxygen atoms in total. The summed E-state index contributed by atoms with van der Waals surface area (Å²) < 4.78 is 4.90. The summed E-state index contributed by atoms with van der Waals surface area (Å²) in [4.78, 5) is 13.0. The predicted octanol–water partition coefficient (Wildman–Crippen LogP) is 4.11. The van der Waals surface area contributed by atoms with Crippen LogP contribution in [0.2, 0.25) is 0 Å². The maximum Gasteiger partial charge on any atom is 0.337 e. The molecule has 0 spiro atoms. The number of aromatic hydroxyl groups is 1. The average molecular weight is 336 g/mol. The van der Waals surface area contributed by atoms with Gasteiger partial charge in [0.25, 0.3) is 0 Å². The SMILES string of the molecule is O=C(OS)C(c1ccccc1)(c1ccccc1)c1ccc(O)cc1. The van der Waals surface area contributed by atoms with Crippen molar-refractivity contribution < 1.29 is 14.1 Å². The number of hydrogen-bond acceptors (Lipinski definition) is 4. The Morgan fingerprint density at radius 2 is 1.17 bits per heavy atom. The Morgan fingerprint density at radius 3 is 1.58 bits per heavy atom. The zero-order valence-corrected chi connectivity index (χ0v) is 13.7. The summed E-state index contributed by atoms with van der Waals surface area (Å²) in [6.07, 6.45) is 0. The van der Waals surface area contributed by atoms with Crippen LogP contribution < -0.4 is 0 Å². The largest absolute Gasteiger partial charge is 0.508 e. The van der Waals surface area contributed by atoms with Crippen molar-refractivity contribution in [3.05, 3.63) is 102 Å². The number of hydrogen-bond donors (Lipinski definition) is 2. The highest BCUT2D eigenvalue weighted by atomic mass is 32.1. The van der Waals surface area contributed by atoms with Crippen LogP contribution in [-0.2, 0) is 14.4 Å². The van der Waals surface area contributed by atoms with Crippen molar-refractivity contribution in [2.75, 3.05) is 0 Å². The minimum atomic E-state index is -1.17. The van der Waals surface area contributed by atoms with Crippen molar-refractivity contribution in [1.82, 2.24) is 0 Å². The topological polar surface area (TPSA) is 46.5 Å². The first-order chi connectivity index (χ1) is 11.7. The summed E-state index contributed by atoms with van der Waals surface area (Å²) in [6.45, 7) is 0. The van der Waals surface area contributed by atoms with Gasteiger partial charge in [-0.25, -0.2) is 4.79 Å². The Bertz CT molecular complexity index is 775. The van der Waals surface area contributed by atoms with E-state index in [0.717, 1.165) is 11.1 Å². The number of thiol groups is 1. The lowest BCUT2D eigenvalue weighted by atomic mass is 9.69. The number of phenolic OH excluding ortho intramolecular Hbond substituents is 1. The molecule has 0 radical (unpaired) electrons. The summed E-state index contributed by atoms with van der Waals surface area (Å²) in [5, 5.41) is 9.63. The van der Waals surface area contributed by atoms with Crippen LogP contribution in [0.5, 0.6) is 5.75 Å². The molecule has 0 aliphatic carbocycles. The fourth-order valence-electron chi connectivity index (χ4n) is 3.01. The van der Waals surface area contributed by atoms with Crippen LogP contribution in [0, 0.1) is 0 Å². The van der Waals surface area contributed by atoms with Gasteiger partial charge in [-0.2, -0.15) is 0 Å². The quantitative estimate of drug-likeness (QED) is 0.428. The lowest BCUT2D eigenvalue weighted by Crippen LogP contribution is -2.38. The van der Waals surface area contributed by atoms with Gasteiger partial charge in [-0.15, -0.1) is 0 Å². The summed E-state index contributed by atoms with van der Waals surface area (Å²) in [5.41, 5.74) is 1.05. The van der Waals surface area contributed by atoms with Gasteiger partial charge in [0.05, 0.1) is 0 Å². The highest BCUT2D eigenvalue weighted by Crippen LogP contribution is 2.41.